The first kappa shape index (κ1) is 21.1. The van der Waals surface area contributed by atoms with Gasteiger partial charge in [-0.1, -0.05) is 18.2 Å². The SMILES string of the molecule is O=C(NC1CCC[C@@H]1O)c1cn(Cc2ccc(-n3cccn3)cc2)c2c(F)cccc2c1=O. The van der Waals surface area contributed by atoms with E-state index in [1.807, 2.05) is 36.5 Å². The Labute approximate surface area is 189 Å². The fraction of sp³-hybridized carbons (Fsp3) is 0.240. The summed E-state index contributed by atoms with van der Waals surface area (Å²) < 4.78 is 18.1. The average molecular weight is 446 g/mol. The van der Waals surface area contributed by atoms with E-state index in [2.05, 4.69) is 10.4 Å². The Balaban J connectivity index is 1.52. The van der Waals surface area contributed by atoms with Crippen LogP contribution in [0.25, 0.3) is 16.6 Å². The number of aliphatic hydroxyl groups is 1. The molecule has 1 amide bonds. The number of rotatable bonds is 5. The van der Waals surface area contributed by atoms with Crippen LogP contribution in [0.4, 0.5) is 4.39 Å². The topological polar surface area (TPSA) is 89.2 Å². The lowest BCUT2D eigenvalue weighted by Crippen LogP contribution is -2.41. The first-order chi connectivity index (χ1) is 16.0. The molecule has 0 bridgehead atoms. The van der Waals surface area contributed by atoms with E-state index in [9.17, 15) is 19.1 Å². The molecular weight excluding hydrogens is 423 g/mol. The van der Waals surface area contributed by atoms with Crippen LogP contribution in [0.15, 0.2) is 71.9 Å². The third-order valence-electron chi connectivity index (χ3n) is 6.15. The van der Waals surface area contributed by atoms with Crippen molar-refractivity contribution in [3.63, 3.8) is 0 Å². The number of nitrogens with one attached hydrogen (secondary N) is 1. The van der Waals surface area contributed by atoms with Crippen molar-refractivity contribution in [2.24, 2.45) is 0 Å². The Hall–Kier alpha value is -3.78. The summed E-state index contributed by atoms with van der Waals surface area (Å²) in [6.07, 6.45) is 6.41. The average Bonchev–Trinajstić information content (AvgIpc) is 3.49. The minimum absolute atomic E-state index is 0.0691. The molecule has 168 valence electrons. The van der Waals surface area contributed by atoms with Gasteiger partial charge in [-0.2, -0.15) is 5.10 Å². The van der Waals surface area contributed by atoms with Crippen LogP contribution in [-0.2, 0) is 6.54 Å². The third kappa shape index (κ3) is 4.05. The van der Waals surface area contributed by atoms with Crippen molar-refractivity contribution in [2.45, 2.75) is 38.0 Å². The molecule has 2 aromatic heterocycles. The highest BCUT2D eigenvalue weighted by Crippen LogP contribution is 2.21. The lowest BCUT2D eigenvalue weighted by molar-refractivity contribution is 0.0871. The summed E-state index contributed by atoms with van der Waals surface area (Å²) >= 11 is 0. The fourth-order valence-electron chi connectivity index (χ4n) is 4.43. The summed E-state index contributed by atoms with van der Waals surface area (Å²) in [4.78, 5) is 26.0. The number of nitrogens with zero attached hydrogens (tertiary/aromatic N) is 3. The molecule has 2 aromatic carbocycles. The molecule has 0 saturated heterocycles. The van der Waals surface area contributed by atoms with E-state index in [-0.39, 0.29) is 29.1 Å². The molecule has 1 aliphatic rings. The fourth-order valence-corrected chi connectivity index (χ4v) is 4.43. The maximum absolute atomic E-state index is 14.8. The second-order valence-corrected chi connectivity index (χ2v) is 8.33. The van der Waals surface area contributed by atoms with Crippen molar-refractivity contribution < 1.29 is 14.3 Å². The monoisotopic (exact) mass is 446 g/mol. The van der Waals surface area contributed by atoms with Crippen molar-refractivity contribution >= 4 is 16.8 Å². The number of aliphatic hydroxyl groups excluding tert-OH is 1. The number of pyridine rings is 1. The van der Waals surface area contributed by atoms with Gasteiger partial charge in [0.15, 0.2) is 0 Å². The molecule has 4 aromatic rings. The number of fused-ring (bicyclic) bond motifs is 1. The summed E-state index contributed by atoms with van der Waals surface area (Å²) in [5, 5.41) is 17.2. The van der Waals surface area contributed by atoms with Crippen LogP contribution >= 0.6 is 0 Å². The van der Waals surface area contributed by atoms with Crippen LogP contribution in [0.1, 0.15) is 35.2 Å². The molecule has 1 unspecified atom stereocenters. The van der Waals surface area contributed by atoms with Gasteiger partial charge in [0.2, 0.25) is 5.43 Å². The molecule has 2 atom stereocenters. The zero-order chi connectivity index (χ0) is 22.9. The maximum atomic E-state index is 14.8. The largest absolute Gasteiger partial charge is 0.391 e. The molecule has 1 fully saturated rings. The minimum Gasteiger partial charge on any atom is -0.391 e. The van der Waals surface area contributed by atoms with Crippen LogP contribution in [-0.4, -0.2) is 37.5 Å². The van der Waals surface area contributed by atoms with Gasteiger partial charge in [0.05, 0.1) is 23.3 Å². The zero-order valence-corrected chi connectivity index (χ0v) is 17.8. The van der Waals surface area contributed by atoms with Gasteiger partial charge in [0.1, 0.15) is 11.4 Å². The number of carbonyl (C=O) groups is 1. The first-order valence-corrected chi connectivity index (χ1v) is 10.9. The summed E-state index contributed by atoms with van der Waals surface area (Å²) in [6, 6.07) is 13.3. The molecule has 2 N–H and O–H groups in total. The third-order valence-corrected chi connectivity index (χ3v) is 6.15. The maximum Gasteiger partial charge on any atom is 0.257 e. The Morgan fingerprint density at radius 3 is 2.67 bits per heavy atom. The second-order valence-electron chi connectivity index (χ2n) is 8.33. The number of hydrogen-bond donors (Lipinski definition) is 2. The second kappa shape index (κ2) is 8.63. The Kier molecular flexibility index (Phi) is 5.51. The lowest BCUT2D eigenvalue weighted by Gasteiger charge is -2.18. The molecular formula is C25H23FN4O3. The minimum atomic E-state index is -0.623. The van der Waals surface area contributed by atoms with Crippen molar-refractivity contribution in [3.8, 4) is 5.69 Å². The van der Waals surface area contributed by atoms with Gasteiger partial charge in [0, 0.05) is 30.5 Å². The van der Waals surface area contributed by atoms with Gasteiger partial charge in [-0.05, 0) is 55.2 Å². The van der Waals surface area contributed by atoms with Gasteiger partial charge in [-0.15, -0.1) is 0 Å². The van der Waals surface area contributed by atoms with E-state index in [1.54, 1.807) is 15.4 Å². The number of hydrogen-bond acceptors (Lipinski definition) is 4. The summed E-state index contributed by atoms with van der Waals surface area (Å²) in [7, 11) is 0. The predicted octanol–water partition coefficient (Wildman–Crippen LogP) is 3.02. The molecule has 33 heavy (non-hydrogen) atoms. The van der Waals surface area contributed by atoms with Crippen molar-refractivity contribution in [2.75, 3.05) is 0 Å². The number of aromatic nitrogens is 3. The van der Waals surface area contributed by atoms with Gasteiger partial charge in [0.25, 0.3) is 5.91 Å². The smallest absolute Gasteiger partial charge is 0.257 e. The molecule has 2 heterocycles. The molecule has 0 aliphatic heterocycles. The summed E-state index contributed by atoms with van der Waals surface area (Å²) in [6.45, 7) is 0.267. The number of para-hydroxylation sites is 1. The number of benzene rings is 2. The Bertz CT molecular complexity index is 1360. The van der Waals surface area contributed by atoms with Crippen LogP contribution in [0.3, 0.4) is 0 Å². The van der Waals surface area contributed by atoms with E-state index in [1.165, 1.54) is 24.4 Å². The van der Waals surface area contributed by atoms with E-state index in [0.29, 0.717) is 12.8 Å². The predicted molar refractivity (Wildman–Crippen MR) is 122 cm³/mol. The van der Waals surface area contributed by atoms with Gasteiger partial charge < -0.3 is 15.0 Å². The molecule has 0 radical (unpaired) electrons. The van der Waals surface area contributed by atoms with E-state index in [4.69, 9.17) is 0 Å². The van der Waals surface area contributed by atoms with Crippen LogP contribution in [0.5, 0.6) is 0 Å². The van der Waals surface area contributed by atoms with Gasteiger partial charge in [-0.25, -0.2) is 9.07 Å². The highest BCUT2D eigenvalue weighted by Gasteiger charge is 2.28. The van der Waals surface area contributed by atoms with Crippen LogP contribution in [0.2, 0.25) is 0 Å². The molecule has 0 spiro atoms. The highest BCUT2D eigenvalue weighted by molar-refractivity contribution is 5.97. The first-order valence-electron chi connectivity index (χ1n) is 10.9. The standard InChI is InChI=1S/C25H23FN4O3/c26-20-5-1-4-18-23(20)29(14-16-8-10-17(11-9-16)30-13-3-12-27-30)15-19(24(18)32)25(33)28-21-6-2-7-22(21)31/h1,3-5,8-13,15,21-22,31H,2,6-7,14H2,(H,28,33)/t21?,22-/m0/s1. The molecule has 1 aliphatic carbocycles. The van der Waals surface area contributed by atoms with Crippen molar-refractivity contribution in [1.29, 1.82) is 0 Å². The van der Waals surface area contributed by atoms with Crippen LogP contribution in [0, 0.1) is 5.82 Å². The summed E-state index contributed by atoms with van der Waals surface area (Å²) in [5.74, 6) is -1.09. The van der Waals surface area contributed by atoms with Crippen LogP contribution < -0.4 is 10.7 Å². The Morgan fingerprint density at radius 1 is 1.15 bits per heavy atom. The molecule has 1 saturated carbocycles. The van der Waals surface area contributed by atoms with Gasteiger partial charge in [-0.3, -0.25) is 9.59 Å². The highest BCUT2D eigenvalue weighted by atomic mass is 19.1. The molecule has 8 heteroatoms. The number of amides is 1. The Morgan fingerprint density at radius 2 is 1.97 bits per heavy atom. The van der Waals surface area contributed by atoms with E-state index >= 15 is 0 Å². The number of halogens is 1. The van der Waals surface area contributed by atoms with E-state index in [0.717, 1.165) is 17.7 Å². The van der Waals surface area contributed by atoms with Gasteiger partial charge >= 0.3 is 0 Å². The summed E-state index contributed by atoms with van der Waals surface area (Å²) in [5.41, 5.74) is 1.31. The van der Waals surface area contributed by atoms with Crippen molar-refractivity contribution in [3.05, 3.63) is 94.3 Å². The quantitative estimate of drug-likeness (QED) is 0.493. The van der Waals surface area contributed by atoms with E-state index < -0.39 is 23.3 Å². The number of carbonyl (C=O) groups excluding carboxylic acids is 1. The normalized spacial score (nSPS) is 18.0. The van der Waals surface area contributed by atoms with Crippen molar-refractivity contribution in [1.82, 2.24) is 19.7 Å². The molecule has 5 rings (SSSR count). The lowest BCUT2D eigenvalue weighted by atomic mass is 10.1. The zero-order valence-electron chi connectivity index (χ0n) is 17.8. The molecule has 7 nitrogen and oxygen atoms in total.